The van der Waals surface area contributed by atoms with E-state index in [1.807, 2.05) is 18.2 Å². The highest BCUT2D eigenvalue weighted by atomic mass is 16.7. The summed E-state index contributed by atoms with van der Waals surface area (Å²) in [5.41, 5.74) is 9.02. The van der Waals surface area contributed by atoms with Gasteiger partial charge in [-0.2, -0.15) is 0 Å². The Morgan fingerprint density at radius 3 is 2.47 bits per heavy atom. The van der Waals surface area contributed by atoms with Crippen LogP contribution in [0.3, 0.4) is 0 Å². The van der Waals surface area contributed by atoms with Gasteiger partial charge in [0.25, 0.3) is 0 Å². The number of fused-ring (bicyclic) bond motifs is 1. The van der Waals surface area contributed by atoms with Crippen molar-refractivity contribution >= 4 is 23.6 Å². The van der Waals surface area contributed by atoms with Crippen LogP contribution in [-0.4, -0.2) is 78.0 Å². The van der Waals surface area contributed by atoms with E-state index in [1.165, 1.54) is 17.0 Å². The molecule has 0 aliphatic carbocycles. The molecule has 5 rings (SSSR count). The number of quaternary nitrogens is 1. The van der Waals surface area contributed by atoms with Gasteiger partial charge in [-0.05, 0) is 73.5 Å². The number of nitrogens with one attached hydrogen (secondary N) is 1. The number of nitrogens with zero attached hydrogens (tertiary/aromatic N) is 2. The average Bonchev–Trinajstić information content (AvgIpc) is 3.61. The summed E-state index contributed by atoms with van der Waals surface area (Å²) in [6.45, 7) is 4.16. The number of aromatic hydroxyl groups is 1. The minimum absolute atomic E-state index is 0.115. The van der Waals surface area contributed by atoms with Gasteiger partial charge < -0.3 is 34.9 Å². The molecular formula is C32H37N4O7+. The number of carbonyl (C=O) groups excluding carboxylic acids is 3. The molecule has 2 aliphatic rings. The molecule has 1 fully saturated rings. The Balaban J connectivity index is 1.33. The molecule has 1 saturated heterocycles. The van der Waals surface area contributed by atoms with Gasteiger partial charge in [-0.25, -0.2) is 9.59 Å². The van der Waals surface area contributed by atoms with Crippen LogP contribution in [0.1, 0.15) is 34.8 Å². The van der Waals surface area contributed by atoms with E-state index < -0.39 is 30.0 Å². The fourth-order valence-corrected chi connectivity index (χ4v) is 5.67. The van der Waals surface area contributed by atoms with Crippen LogP contribution < -0.4 is 20.5 Å². The van der Waals surface area contributed by atoms with Crippen LogP contribution in [0.15, 0.2) is 66.7 Å². The van der Waals surface area contributed by atoms with Crippen molar-refractivity contribution in [2.24, 2.45) is 5.73 Å². The first-order valence-electron chi connectivity index (χ1n) is 14.3. The molecule has 0 aromatic heterocycles. The van der Waals surface area contributed by atoms with Crippen molar-refractivity contribution in [3.8, 4) is 17.2 Å². The van der Waals surface area contributed by atoms with Crippen molar-refractivity contribution in [3.05, 3.63) is 83.4 Å². The maximum Gasteiger partial charge on any atom is 0.338 e. The molecule has 3 aromatic carbocycles. The van der Waals surface area contributed by atoms with Crippen molar-refractivity contribution in [1.82, 2.24) is 4.90 Å². The lowest BCUT2D eigenvalue weighted by Crippen LogP contribution is -2.55. The smallest absolute Gasteiger partial charge is 0.338 e. The molecule has 2 heterocycles. The molecule has 43 heavy (non-hydrogen) atoms. The van der Waals surface area contributed by atoms with E-state index in [2.05, 4.69) is 12.4 Å². The average molecular weight is 590 g/mol. The molecule has 0 saturated carbocycles. The minimum atomic E-state index is -0.977. The number of likely N-dealkylation sites (N-methyl/N-ethyl adjacent to an activating group) is 1. The fourth-order valence-electron chi connectivity index (χ4n) is 5.67. The molecule has 0 radical (unpaired) electrons. The zero-order valence-electron chi connectivity index (χ0n) is 24.3. The maximum absolute atomic E-state index is 13.8. The number of ether oxygens (including phenoxy) is 3. The lowest BCUT2D eigenvalue weighted by atomic mass is 10.0. The first-order valence-corrected chi connectivity index (χ1v) is 14.3. The summed E-state index contributed by atoms with van der Waals surface area (Å²) in [4.78, 5) is 40.9. The zero-order valence-corrected chi connectivity index (χ0v) is 24.3. The van der Waals surface area contributed by atoms with Crippen LogP contribution in [-0.2, 0) is 22.5 Å². The number of hydrogen-bond donors (Lipinski definition) is 3. The number of amides is 3. The number of likely N-dealkylation sites (tertiary alicyclic amines) is 1. The van der Waals surface area contributed by atoms with Crippen molar-refractivity contribution in [3.63, 3.8) is 0 Å². The molecule has 226 valence electrons. The predicted octanol–water partition coefficient (Wildman–Crippen LogP) is 3.65. The van der Waals surface area contributed by atoms with Gasteiger partial charge in [0.1, 0.15) is 18.8 Å². The second-order valence-corrected chi connectivity index (χ2v) is 11.2. The third-order valence-electron chi connectivity index (χ3n) is 7.83. The van der Waals surface area contributed by atoms with Gasteiger partial charge in [-0.1, -0.05) is 12.1 Å². The standard InChI is InChI=1S/C32H36N4O7/c1-3-41-31(39)23-7-9-24(10-8-23)34-32(40)35(30(38)27(33)16-21-4-11-26(37)12-5-21)25-14-15-36(2,19-25)18-22-6-13-28-29(17-22)43-20-42-28/h4-13,17,25,27H,3,14-16,18-20,33H2,1-2H3,(H-,34,37,39,40)/p+1/t25?,27-,36?/m0/s1. The highest BCUT2D eigenvalue weighted by Gasteiger charge is 2.43. The number of esters is 1. The van der Waals surface area contributed by atoms with Crippen LogP contribution in [0.5, 0.6) is 17.2 Å². The lowest BCUT2D eigenvalue weighted by Gasteiger charge is -2.33. The van der Waals surface area contributed by atoms with Gasteiger partial charge in [-0.15, -0.1) is 0 Å². The highest BCUT2D eigenvalue weighted by molar-refractivity contribution is 6.03. The number of carbonyl (C=O) groups is 3. The number of urea groups is 1. The molecule has 2 unspecified atom stereocenters. The predicted molar refractivity (Wildman–Crippen MR) is 159 cm³/mol. The monoisotopic (exact) mass is 589 g/mol. The number of nitrogens with two attached hydrogens (primary N) is 1. The summed E-state index contributed by atoms with van der Waals surface area (Å²) in [5, 5.41) is 12.4. The van der Waals surface area contributed by atoms with Crippen LogP contribution in [0.2, 0.25) is 0 Å². The van der Waals surface area contributed by atoms with E-state index in [1.54, 1.807) is 43.3 Å². The van der Waals surface area contributed by atoms with Gasteiger partial charge in [0.15, 0.2) is 11.5 Å². The van der Waals surface area contributed by atoms with Gasteiger partial charge in [-0.3, -0.25) is 9.69 Å². The number of anilines is 1. The Kier molecular flexibility index (Phi) is 8.84. The van der Waals surface area contributed by atoms with Crippen LogP contribution in [0.25, 0.3) is 0 Å². The maximum atomic E-state index is 13.8. The molecular weight excluding hydrogens is 552 g/mol. The summed E-state index contributed by atoms with van der Waals surface area (Å²) in [6, 6.07) is 16.7. The topological polar surface area (TPSA) is 140 Å². The number of rotatable bonds is 9. The first kappa shape index (κ1) is 29.9. The Morgan fingerprint density at radius 2 is 1.74 bits per heavy atom. The van der Waals surface area contributed by atoms with E-state index in [4.69, 9.17) is 19.9 Å². The zero-order chi connectivity index (χ0) is 30.6. The van der Waals surface area contributed by atoms with Crippen molar-refractivity contribution < 1.29 is 38.2 Å². The van der Waals surface area contributed by atoms with Crippen molar-refractivity contribution in [2.75, 3.05) is 38.9 Å². The largest absolute Gasteiger partial charge is 0.508 e. The third-order valence-corrected chi connectivity index (χ3v) is 7.83. The van der Waals surface area contributed by atoms with E-state index in [0.29, 0.717) is 41.0 Å². The highest BCUT2D eigenvalue weighted by Crippen LogP contribution is 2.34. The minimum Gasteiger partial charge on any atom is -0.508 e. The number of phenolic OH excluding ortho intramolecular Hbond substituents is 1. The summed E-state index contributed by atoms with van der Waals surface area (Å²) in [5.74, 6) is 0.601. The normalized spacial score (nSPS) is 19.5. The molecule has 3 amide bonds. The van der Waals surface area contributed by atoms with Gasteiger partial charge in [0, 0.05) is 17.7 Å². The lowest BCUT2D eigenvalue weighted by molar-refractivity contribution is -0.911. The second-order valence-electron chi connectivity index (χ2n) is 11.2. The van der Waals surface area contributed by atoms with Crippen LogP contribution in [0, 0.1) is 0 Å². The Bertz CT molecular complexity index is 1480. The molecule has 3 atom stereocenters. The summed E-state index contributed by atoms with van der Waals surface area (Å²) < 4.78 is 16.6. The second kappa shape index (κ2) is 12.7. The van der Waals surface area contributed by atoms with E-state index in [9.17, 15) is 19.5 Å². The van der Waals surface area contributed by atoms with Gasteiger partial charge in [0.2, 0.25) is 12.7 Å². The molecule has 4 N–H and O–H groups in total. The molecule has 2 aliphatic heterocycles. The Labute approximate surface area is 250 Å². The molecule has 3 aromatic rings. The molecule has 0 bridgehead atoms. The third kappa shape index (κ3) is 7.07. The van der Waals surface area contributed by atoms with E-state index in [0.717, 1.165) is 23.4 Å². The van der Waals surface area contributed by atoms with E-state index in [-0.39, 0.29) is 25.6 Å². The van der Waals surface area contributed by atoms with Crippen LogP contribution in [0.4, 0.5) is 10.5 Å². The van der Waals surface area contributed by atoms with Gasteiger partial charge in [0.05, 0.1) is 37.8 Å². The Morgan fingerprint density at radius 1 is 1.05 bits per heavy atom. The number of hydrogen-bond acceptors (Lipinski definition) is 8. The number of phenols is 1. The van der Waals surface area contributed by atoms with Crippen LogP contribution >= 0.6 is 0 Å². The quantitative estimate of drug-likeness (QED) is 0.254. The number of benzene rings is 3. The number of imide groups is 1. The molecule has 0 spiro atoms. The molecule has 11 nitrogen and oxygen atoms in total. The summed E-state index contributed by atoms with van der Waals surface area (Å²) >= 11 is 0. The summed E-state index contributed by atoms with van der Waals surface area (Å²) in [6.07, 6.45) is 0.807. The Hall–Kier alpha value is -4.61. The van der Waals surface area contributed by atoms with E-state index >= 15 is 0 Å². The van der Waals surface area contributed by atoms with Gasteiger partial charge >= 0.3 is 12.0 Å². The fraction of sp³-hybridized carbons (Fsp3) is 0.344. The van der Waals surface area contributed by atoms with Crippen molar-refractivity contribution in [1.29, 1.82) is 0 Å². The SMILES string of the molecule is CCOC(=O)c1ccc(NC(=O)N(C(=O)[C@@H](N)Cc2ccc(O)cc2)C2CC[N+](C)(Cc3ccc4c(c3)OCO4)C2)cc1. The summed E-state index contributed by atoms with van der Waals surface area (Å²) in [7, 11) is 2.11. The molecule has 11 heteroatoms. The first-order chi connectivity index (χ1) is 20.6. The van der Waals surface area contributed by atoms with Crippen molar-refractivity contribution in [2.45, 2.75) is 38.4 Å².